The summed E-state index contributed by atoms with van der Waals surface area (Å²) in [5.74, 6) is -0.523. The van der Waals surface area contributed by atoms with Crippen LogP contribution in [0.4, 0.5) is 4.79 Å². The van der Waals surface area contributed by atoms with Crippen LogP contribution in [0.5, 0.6) is 0 Å². The number of carbonyl (C=O) groups excluding carboxylic acids is 2. The number of pyridine rings is 1. The molecule has 1 atom stereocenters. The smallest absolute Gasteiger partial charge is 0.408 e. The van der Waals surface area contributed by atoms with Crippen molar-refractivity contribution in [2.75, 3.05) is 7.11 Å². The van der Waals surface area contributed by atoms with Crippen molar-refractivity contribution in [1.82, 2.24) is 10.3 Å². The predicted molar refractivity (Wildman–Crippen MR) is 98.6 cm³/mol. The van der Waals surface area contributed by atoms with E-state index in [0.717, 1.165) is 16.8 Å². The molecule has 0 aliphatic carbocycles. The quantitative estimate of drug-likeness (QED) is 0.831. The minimum atomic E-state index is -0.824. The van der Waals surface area contributed by atoms with Gasteiger partial charge in [-0.15, -0.1) is 0 Å². The average Bonchev–Trinajstić information content (AvgIpc) is 2.60. The van der Waals surface area contributed by atoms with Crippen LogP contribution < -0.4 is 5.32 Å². The van der Waals surface area contributed by atoms with Gasteiger partial charge in [-0.3, -0.25) is 4.98 Å². The van der Waals surface area contributed by atoms with Gasteiger partial charge in [0.25, 0.3) is 0 Å². The molecule has 0 radical (unpaired) electrons. The molecule has 1 heterocycles. The Hall–Kier alpha value is -2.89. The molecule has 0 saturated heterocycles. The fourth-order valence-electron chi connectivity index (χ4n) is 2.37. The van der Waals surface area contributed by atoms with Crippen molar-refractivity contribution in [3.63, 3.8) is 0 Å². The number of hydrogen-bond donors (Lipinski definition) is 1. The van der Waals surface area contributed by atoms with E-state index in [1.54, 1.807) is 27.0 Å². The molecule has 0 spiro atoms. The Labute approximate surface area is 153 Å². The number of rotatable bonds is 5. The largest absolute Gasteiger partial charge is 0.467 e. The summed E-state index contributed by atoms with van der Waals surface area (Å²) in [5, 5.41) is 2.57. The summed E-state index contributed by atoms with van der Waals surface area (Å²) in [6.45, 7) is 5.28. The average molecular weight is 356 g/mol. The van der Waals surface area contributed by atoms with Gasteiger partial charge in [0.05, 0.1) is 12.8 Å². The van der Waals surface area contributed by atoms with Crippen molar-refractivity contribution in [3.05, 3.63) is 54.2 Å². The molecule has 0 fully saturated rings. The van der Waals surface area contributed by atoms with Gasteiger partial charge in [0.2, 0.25) is 0 Å². The Morgan fingerprint density at radius 3 is 2.35 bits per heavy atom. The number of amides is 1. The van der Waals surface area contributed by atoms with E-state index in [0.29, 0.717) is 6.42 Å². The summed E-state index contributed by atoms with van der Waals surface area (Å²) < 4.78 is 10.0. The second-order valence-electron chi connectivity index (χ2n) is 6.84. The van der Waals surface area contributed by atoms with Crippen LogP contribution in [-0.4, -0.2) is 35.8 Å². The first-order valence-electron chi connectivity index (χ1n) is 8.36. The summed E-state index contributed by atoms with van der Waals surface area (Å²) in [6, 6.07) is 12.5. The van der Waals surface area contributed by atoms with E-state index in [9.17, 15) is 9.59 Å². The van der Waals surface area contributed by atoms with E-state index >= 15 is 0 Å². The maximum absolute atomic E-state index is 12.0. The first-order chi connectivity index (χ1) is 12.3. The van der Waals surface area contributed by atoms with Gasteiger partial charge in [-0.05, 0) is 38.5 Å². The molecule has 6 heteroatoms. The number of benzene rings is 1. The molecule has 1 aromatic carbocycles. The third-order valence-corrected chi connectivity index (χ3v) is 3.53. The summed E-state index contributed by atoms with van der Waals surface area (Å²) in [6.07, 6.45) is 1.38. The molecule has 1 N–H and O–H groups in total. The van der Waals surface area contributed by atoms with Gasteiger partial charge in [-0.2, -0.15) is 0 Å². The zero-order valence-electron chi connectivity index (χ0n) is 15.5. The Morgan fingerprint density at radius 2 is 1.81 bits per heavy atom. The zero-order chi connectivity index (χ0) is 19.2. The highest BCUT2D eigenvalue weighted by molar-refractivity contribution is 5.81. The van der Waals surface area contributed by atoms with Gasteiger partial charge >= 0.3 is 12.1 Å². The number of aromatic nitrogens is 1. The molecule has 26 heavy (non-hydrogen) atoms. The third-order valence-electron chi connectivity index (χ3n) is 3.53. The summed E-state index contributed by atoms with van der Waals surface area (Å²) in [4.78, 5) is 28.3. The molecule has 1 amide bonds. The zero-order valence-corrected chi connectivity index (χ0v) is 15.5. The number of esters is 1. The van der Waals surface area contributed by atoms with Crippen molar-refractivity contribution < 1.29 is 19.1 Å². The van der Waals surface area contributed by atoms with Crippen LogP contribution in [0.15, 0.2) is 48.7 Å². The molecule has 1 unspecified atom stereocenters. The number of ether oxygens (including phenoxy) is 2. The van der Waals surface area contributed by atoms with Crippen LogP contribution in [0, 0.1) is 0 Å². The molecule has 0 aliphatic heterocycles. The van der Waals surface area contributed by atoms with Gasteiger partial charge in [0.15, 0.2) is 0 Å². The van der Waals surface area contributed by atoms with Gasteiger partial charge in [-0.1, -0.05) is 30.3 Å². The highest BCUT2D eigenvalue weighted by Gasteiger charge is 2.25. The maximum Gasteiger partial charge on any atom is 0.408 e. The lowest BCUT2D eigenvalue weighted by Crippen LogP contribution is -2.45. The number of nitrogens with zero attached hydrogens (tertiary/aromatic N) is 1. The highest BCUT2D eigenvalue weighted by Crippen LogP contribution is 2.18. The first kappa shape index (κ1) is 19.4. The molecule has 0 saturated carbocycles. The van der Waals surface area contributed by atoms with Crippen LogP contribution in [0.1, 0.15) is 26.3 Å². The molecule has 0 aliphatic rings. The summed E-state index contributed by atoms with van der Waals surface area (Å²) >= 11 is 0. The molecular formula is C20H24N2O4. The van der Waals surface area contributed by atoms with E-state index < -0.39 is 23.7 Å². The van der Waals surface area contributed by atoms with Gasteiger partial charge in [-0.25, -0.2) is 9.59 Å². The standard InChI is InChI=1S/C20H24N2O4/c1-20(2,3)26-19(24)22-17(18(23)25-4)13-14-8-10-15(11-9-14)16-7-5-6-12-21-16/h5-12,17H,13H2,1-4H3,(H,22,24). The van der Waals surface area contributed by atoms with Crippen LogP contribution in [0.2, 0.25) is 0 Å². The van der Waals surface area contributed by atoms with Crippen LogP contribution >= 0.6 is 0 Å². The van der Waals surface area contributed by atoms with Crippen LogP contribution in [0.3, 0.4) is 0 Å². The van der Waals surface area contributed by atoms with E-state index in [1.165, 1.54) is 7.11 Å². The predicted octanol–water partition coefficient (Wildman–Crippen LogP) is 3.36. The fourth-order valence-corrected chi connectivity index (χ4v) is 2.37. The Kier molecular flexibility index (Phi) is 6.33. The summed E-state index contributed by atoms with van der Waals surface area (Å²) in [7, 11) is 1.29. The van der Waals surface area contributed by atoms with Crippen molar-refractivity contribution in [1.29, 1.82) is 0 Å². The van der Waals surface area contributed by atoms with E-state index in [2.05, 4.69) is 10.3 Å². The monoisotopic (exact) mass is 356 g/mol. The van der Waals surface area contributed by atoms with E-state index in [-0.39, 0.29) is 0 Å². The summed E-state index contributed by atoms with van der Waals surface area (Å²) in [5.41, 5.74) is 2.09. The molecule has 0 bridgehead atoms. The number of methoxy groups -OCH3 is 1. The number of carbonyl (C=O) groups is 2. The lowest BCUT2D eigenvalue weighted by atomic mass is 10.0. The van der Waals surface area contributed by atoms with Crippen molar-refractivity contribution >= 4 is 12.1 Å². The third kappa shape index (κ3) is 5.88. The first-order valence-corrected chi connectivity index (χ1v) is 8.36. The second kappa shape index (κ2) is 8.47. The maximum atomic E-state index is 12.0. The molecular weight excluding hydrogens is 332 g/mol. The Morgan fingerprint density at radius 1 is 1.12 bits per heavy atom. The van der Waals surface area contributed by atoms with Crippen LogP contribution in [0.25, 0.3) is 11.3 Å². The minimum absolute atomic E-state index is 0.300. The number of nitrogens with one attached hydrogen (secondary N) is 1. The topological polar surface area (TPSA) is 77.5 Å². The molecule has 1 aromatic heterocycles. The Balaban J connectivity index is 2.08. The normalized spacial score (nSPS) is 12.2. The van der Waals surface area contributed by atoms with Crippen molar-refractivity contribution in [2.45, 2.75) is 38.8 Å². The Bertz CT molecular complexity index is 737. The molecule has 2 aromatic rings. The number of alkyl carbamates (subject to hydrolysis) is 1. The van der Waals surface area contributed by atoms with Crippen LogP contribution in [-0.2, 0) is 20.7 Å². The highest BCUT2D eigenvalue weighted by atomic mass is 16.6. The van der Waals surface area contributed by atoms with E-state index in [1.807, 2.05) is 42.5 Å². The molecule has 138 valence electrons. The SMILES string of the molecule is COC(=O)C(Cc1ccc(-c2ccccn2)cc1)NC(=O)OC(C)(C)C. The van der Waals surface area contributed by atoms with E-state index in [4.69, 9.17) is 9.47 Å². The van der Waals surface area contributed by atoms with Crippen molar-refractivity contribution in [3.8, 4) is 11.3 Å². The van der Waals surface area contributed by atoms with Gasteiger partial charge in [0.1, 0.15) is 11.6 Å². The fraction of sp³-hybridized carbons (Fsp3) is 0.350. The van der Waals surface area contributed by atoms with Gasteiger partial charge < -0.3 is 14.8 Å². The second-order valence-corrected chi connectivity index (χ2v) is 6.84. The van der Waals surface area contributed by atoms with Crippen molar-refractivity contribution in [2.24, 2.45) is 0 Å². The number of hydrogen-bond acceptors (Lipinski definition) is 5. The lowest BCUT2D eigenvalue weighted by Gasteiger charge is -2.22. The lowest BCUT2D eigenvalue weighted by molar-refractivity contribution is -0.143. The molecule has 6 nitrogen and oxygen atoms in total. The minimum Gasteiger partial charge on any atom is -0.467 e. The van der Waals surface area contributed by atoms with Gasteiger partial charge in [0, 0.05) is 18.2 Å². The molecule has 2 rings (SSSR count).